The quantitative estimate of drug-likeness (QED) is 0.498. The number of imide groups is 1. The summed E-state index contributed by atoms with van der Waals surface area (Å²) >= 11 is 12.5. The Morgan fingerprint density at radius 3 is 1.80 bits per heavy atom. The number of thiol groups is 2. The minimum absolute atomic E-state index is 0.131. The zero-order chi connectivity index (χ0) is 15.3. The number of amides is 2. The van der Waals surface area contributed by atoms with Crippen molar-refractivity contribution in [1.29, 1.82) is 0 Å². The highest BCUT2D eigenvalue weighted by molar-refractivity contribution is 8.60. The molecule has 0 aromatic heterocycles. The highest BCUT2D eigenvalue weighted by Gasteiger charge is 2.33. The standard InChI is InChI=1S/C9H7NO2S.C2H7O2PS2/c11-8-6-3-1-2-4-7(6)9(12)10(8)5-13;1-3-5(6,7)4-2/h1-4,13H,5H2;1-2H3,(H,6,7). The first-order chi connectivity index (χ1) is 9.37. The van der Waals surface area contributed by atoms with Gasteiger partial charge in [-0.2, -0.15) is 12.6 Å². The van der Waals surface area contributed by atoms with Crippen molar-refractivity contribution in [1.82, 2.24) is 4.90 Å². The first-order valence-electron chi connectivity index (χ1n) is 5.38. The van der Waals surface area contributed by atoms with Gasteiger partial charge >= 0.3 is 0 Å². The lowest BCUT2D eigenvalue weighted by atomic mass is 10.1. The van der Waals surface area contributed by atoms with Crippen molar-refractivity contribution in [3.63, 3.8) is 0 Å². The lowest BCUT2D eigenvalue weighted by Gasteiger charge is -2.07. The molecule has 9 heteroatoms. The topological polar surface area (TPSA) is 55.8 Å². The second-order valence-electron chi connectivity index (χ2n) is 3.56. The number of fused-ring (bicyclic) bond motifs is 1. The van der Waals surface area contributed by atoms with Gasteiger partial charge in [-0.3, -0.25) is 14.5 Å². The molecule has 5 nitrogen and oxygen atoms in total. The molecule has 1 heterocycles. The highest BCUT2D eigenvalue weighted by Crippen LogP contribution is 2.51. The van der Waals surface area contributed by atoms with Gasteiger partial charge in [-0.25, -0.2) is 0 Å². The SMILES string of the molecule is COP(=S)(S)OC.O=C1c2ccccc2C(=O)N1CS. The van der Waals surface area contributed by atoms with E-state index in [0.29, 0.717) is 11.1 Å². The molecule has 20 heavy (non-hydrogen) atoms. The van der Waals surface area contributed by atoms with E-state index < -0.39 is 5.69 Å². The van der Waals surface area contributed by atoms with Crippen molar-refractivity contribution < 1.29 is 18.6 Å². The zero-order valence-electron chi connectivity index (χ0n) is 10.8. The van der Waals surface area contributed by atoms with Crippen LogP contribution in [0.15, 0.2) is 24.3 Å². The maximum Gasteiger partial charge on any atom is 0.262 e. The van der Waals surface area contributed by atoms with Crippen LogP contribution in [0.5, 0.6) is 0 Å². The molecule has 0 saturated carbocycles. The molecule has 0 spiro atoms. The first-order valence-corrected chi connectivity index (χ1v) is 9.80. The van der Waals surface area contributed by atoms with E-state index in [9.17, 15) is 9.59 Å². The average Bonchev–Trinajstić information content (AvgIpc) is 2.72. The van der Waals surface area contributed by atoms with Gasteiger partial charge in [0.1, 0.15) is 0 Å². The summed E-state index contributed by atoms with van der Waals surface area (Å²) in [7, 11) is 2.97. The van der Waals surface area contributed by atoms with Crippen LogP contribution in [0.2, 0.25) is 0 Å². The molecule has 0 atom stereocenters. The Morgan fingerprint density at radius 1 is 1.15 bits per heavy atom. The van der Waals surface area contributed by atoms with Crippen molar-refractivity contribution in [2.24, 2.45) is 0 Å². The Morgan fingerprint density at radius 2 is 1.55 bits per heavy atom. The molecule has 2 amide bonds. The van der Waals surface area contributed by atoms with Gasteiger partial charge in [0, 0.05) is 14.2 Å². The van der Waals surface area contributed by atoms with E-state index in [1.165, 1.54) is 14.2 Å². The zero-order valence-corrected chi connectivity index (χ0v) is 14.3. The van der Waals surface area contributed by atoms with Crippen molar-refractivity contribution in [2.45, 2.75) is 0 Å². The fourth-order valence-corrected chi connectivity index (χ4v) is 1.85. The number of benzene rings is 1. The minimum Gasteiger partial charge on any atom is -0.325 e. The molecule has 0 fully saturated rings. The summed E-state index contributed by atoms with van der Waals surface area (Å²) in [6, 6.07) is 6.79. The van der Waals surface area contributed by atoms with Gasteiger partial charge < -0.3 is 9.05 Å². The maximum atomic E-state index is 11.5. The third kappa shape index (κ3) is 4.07. The lowest BCUT2D eigenvalue weighted by Crippen LogP contribution is -2.28. The second kappa shape index (κ2) is 7.59. The Bertz CT molecular complexity index is 523. The normalized spacial score (nSPS) is 13.9. The Hall–Kier alpha value is -0.370. The van der Waals surface area contributed by atoms with Gasteiger partial charge in [0.2, 0.25) is 5.69 Å². The van der Waals surface area contributed by atoms with E-state index in [2.05, 4.69) is 45.7 Å². The van der Waals surface area contributed by atoms with Crippen LogP contribution in [0.4, 0.5) is 0 Å². The molecule has 0 N–H and O–H groups in total. The van der Waals surface area contributed by atoms with E-state index in [4.69, 9.17) is 0 Å². The monoisotopic (exact) mass is 351 g/mol. The van der Waals surface area contributed by atoms with Crippen LogP contribution in [0, 0.1) is 0 Å². The molecule has 0 bridgehead atoms. The highest BCUT2D eigenvalue weighted by atomic mass is 32.9. The molecule has 0 unspecified atom stereocenters. The fraction of sp³-hybridized carbons (Fsp3) is 0.273. The van der Waals surface area contributed by atoms with Crippen LogP contribution in [0.1, 0.15) is 20.7 Å². The predicted molar refractivity (Wildman–Crippen MR) is 88.1 cm³/mol. The van der Waals surface area contributed by atoms with Gasteiger partial charge in [0.25, 0.3) is 11.8 Å². The summed E-state index contributed by atoms with van der Waals surface area (Å²) in [5, 5.41) is 0. The second-order valence-corrected chi connectivity index (χ2v) is 9.34. The van der Waals surface area contributed by atoms with Crippen LogP contribution in [0.3, 0.4) is 0 Å². The molecule has 1 aliphatic rings. The first kappa shape index (κ1) is 17.7. The Labute approximate surface area is 133 Å². The molecule has 0 saturated heterocycles. The lowest BCUT2D eigenvalue weighted by molar-refractivity contribution is 0.0685. The van der Waals surface area contributed by atoms with Crippen molar-refractivity contribution in [3.8, 4) is 0 Å². The van der Waals surface area contributed by atoms with E-state index in [1.807, 2.05) is 0 Å². The number of carbonyl (C=O) groups is 2. The maximum absolute atomic E-state index is 11.5. The molecule has 110 valence electrons. The van der Waals surface area contributed by atoms with Crippen LogP contribution >= 0.6 is 30.6 Å². The van der Waals surface area contributed by atoms with E-state index >= 15 is 0 Å². The number of rotatable bonds is 3. The number of carbonyl (C=O) groups excluding carboxylic acids is 2. The van der Waals surface area contributed by atoms with Crippen LogP contribution in [-0.2, 0) is 20.9 Å². The fourth-order valence-electron chi connectivity index (χ4n) is 1.44. The van der Waals surface area contributed by atoms with Gasteiger partial charge in [-0.05, 0) is 23.9 Å². The number of nitrogens with zero attached hydrogens (tertiary/aromatic N) is 1. The molecular weight excluding hydrogens is 337 g/mol. The smallest absolute Gasteiger partial charge is 0.262 e. The molecule has 0 aliphatic carbocycles. The van der Waals surface area contributed by atoms with Gasteiger partial charge in [-0.15, -0.1) is 0 Å². The van der Waals surface area contributed by atoms with Crippen LogP contribution in [-0.4, -0.2) is 36.8 Å². The molecule has 1 aromatic carbocycles. The summed E-state index contributed by atoms with van der Waals surface area (Å²) in [6.07, 6.45) is 0. The summed E-state index contributed by atoms with van der Waals surface area (Å²) in [5.41, 5.74) is -1.18. The molecular formula is C11H14NO4PS3. The van der Waals surface area contributed by atoms with E-state index in [1.54, 1.807) is 24.3 Å². The molecule has 0 radical (unpaired) electrons. The summed E-state index contributed by atoms with van der Waals surface area (Å²) < 4.78 is 9.31. The summed E-state index contributed by atoms with van der Waals surface area (Å²) in [5.74, 6) is -0.377. The molecule has 2 rings (SSSR count). The van der Waals surface area contributed by atoms with Gasteiger partial charge in [0.15, 0.2) is 0 Å². The predicted octanol–water partition coefficient (Wildman–Crippen LogP) is 2.60. The average molecular weight is 351 g/mol. The van der Waals surface area contributed by atoms with E-state index in [0.717, 1.165) is 4.90 Å². The minimum atomic E-state index is -2.13. The van der Waals surface area contributed by atoms with Gasteiger partial charge in [-0.1, -0.05) is 24.4 Å². The summed E-state index contributed by atoms with van der Waals surface area (Å²) in [4.78, 5) is 24.1. The summed E-state index contributed by atoms with van der Waals surface area (Å²) in [6.45, 7) is 0. The molecule has 1 aromatic rings. The molecule has 1 aliphatic heterocycles. The van der Waals surface area contributed by atoms with Crippen molar-refractivity contribution >= 4 is 54.2 Å². The van der Waals surface area contributed by atoms with Crippen molar-refractivity contribution in [2.75, 3.05) is 20.1 Å². The Kier molecular flexibility index (Phi) is 6.71. The van der Waals surface area contributed by atoms with Gasteiger partial charge in [0.05, 0.1) is 17.0 Å². The third-order valence-corrected chi connectivity index (χ3v) is 5.56. The Balaban J connectivity index is 0.000000246. The third-order valence-electron chi connectivity index (χ3n) is 2.48. The van der Waals surface area contributed by atoms with Crippen molar-refractivity contribution in [3.05, 3.63) is 35.4 Å². The number of hydrogen-bond acceptors (Lipinski definition) is 6. The van der Waals surface area contributed by atoms with Crippen LogP contribution in [0.25, 0.3) is 0 Å². The number of hydrogen-bond donors (Lipinski definition) is 2. The largest absolute Gasteiger partial charge is 0.325 e. The van der Waals surface area contributed by atoms with Crippen LogP contribution < -0.4 is 0 Å². The van der Waals surface area contributed by atoms with E-state index in [-0.39, 0.29) is 17.7 Å².